The second-order valence-corrected chi connectivity index (χ2v) is 5.73. The molecule has 0 saturated carbocycles. The zero-order chi connectivity index (χ0) is 13.9. The second-order valence-electron chi connectivity index (χ2n) is 5.73. The van der Waals surface area contributed by atoms with Crippen LogP contribution >= 0.6 is 0 Å². The summed E-state index contributed by atoms with van der Waals surface area (Å²) in [5.41, 5.74) is 1.10. The first-order valence-electron chi connectivity index (χ1n) is 7.20. The van der Waals surface area contributed by atoms with Gasteiger partial charge in [-0.1, -0.05) is 6.07 Å². The second kappa shape index (κ2) is 5.89. The Morgan fingerprint density at radius 1 is 1.40 bits per heavy atom. The Kier molecular flexibility index (Phi) is 3.98. The smallest absolute Gasteiger partial charge is 0.248 e. The highest BCUT2D eigenvalue weighted by Crippen LogP contribution is 2.24. The molecule has 20 heavy (non-hydrogen) atoms. The molecule has 0 bridgehead atoms. The Labute approximate surface area is 119 Å². The fraction of sp³-hybridized carbons (Fsp3) is 0.600. The standard InChI is InChI=1S/C15H21N3O2/c1-17-8-12-9-18(10-13-4-2-3-6-16-13)7-5-14(12)20-11-15(17)19/h2-4,6,12,14H,5,7-11H2,1H3/t12-,14-/m0/s1. The summed E-state index contributed by atoms with van der Waals surface area (Å²) in [5.74, 6) is 0.500. The van der Waals surface area contributed by atoms with Crippen LogP contribution in [0.1, 0.15) is 12.1 Å². The van der Waals surface area contributed by atoms with Crippen molar-refractivity contribution in [2.24, 2.45) is 5.92 Å². The maximum atomic E-state index is 11.7. The van der Waals surface area contributed by atoms with E-state index in [-0.39, 0.29) is 18.6 Å². The minimum Gasteiger partial charge on any atom is -0.368 e. The van der Waals surface area contributed by atoms with Crippen LogP contribution in [0.3, 0.4) is 0 Å². The van der Waals surface area contributed by atoms with Crippen molar-refractivity contribution in [3.63, 3.8) is 0 Å². The Morgan fingerprint density at radius 3 is 3.10 bits per heavy atom. The topological polar surface area (TPSA) is 45.7 Å². The van der Waals surface area contributed by atoms with E-state index >= 15 is 0 Å². The minimum absolute atomic E-state index is 0.0932. The molecule has 108 valence electrons. The number of rotatable bonds is 2. The van der Waals surface area contributed by atoms with Crippen LogP contribution in [-0.4, -0.2) is 60.1 Å². The Bertz CT molecular complexity index is 465. The fourth-order valence-corrected chi connectivity index (χ4v) is 3.09. The van der Waals surface area contributed by atoms with E-state index in [1.165, 1.54) is 0 Å². The highest BCUT2D eigenvalue weighted by atomic mass is 16.5. The molecule has 1 amide bonds. The molecule has 3 rings (SSSR count). The molecule has 1 aromatic rings. The molecule has 3 heterocycles. The number of likely N-dealkylation sites (tertiary alicyclic amines) is 1. The van der Waals surface area contributed by atoms with Gasteiger partial charge in [0.05, 0.1) is 11.8 Å². The molecule has 2 atom stereocenters. The quantitative estimate of drug-likeness (QED) is 0.799. The van der Waals surface area contributed by atoms with E-state index in [0.717, 1.165) is 38.3 Å². The van der Waals surface area contributed by atoms with E-state index in [4.69, 9.17) is 4.74 Å². The van der Waals surface area contributed by atoms with Crippen LogP contribution in [0.25, 0.3) is 0 Å². The number of carbonyl (C=O) groups is 1. The number of likely N-dealkylation sites (N-methyl/N-ethyl adjacent to an activating group) is 1. The van der Waals surface area contributed by atoms with Crippen LogP contribution in [0, 0.1) is 5.92 Å². The summed E-state index contributed by atoms with van der Waals surface area (Å²) in [6.45, 7) is 3.89. The SMILES string of the molecule is CN1C[C@H]2CN(Cc3ccccn3)CC[C@@H]2OCC1=O. The largest absolute Gasteiger partial charge is 0.368 e. The molecule has 5 nitrogen and oxygen atoms in total. The molecule has 0 unspecified atom stereocenters. The zero-order valence-electron chi connectivity index (χ0n) is 11.9. The first kappa shape index (κ1) is 13.5. The lowest BCUT2D eigenvalue weighted by atomic mass is 9.94. The van der Waals surface area contributed by atoms with Gasteiger partial charge in [-0.3, -0.25) is 14.7 Å². The normalized spacial score (nSPS) is 28.1. The number of piperidine rings is 1. The summed E-state index contributed by atoms with van der Waals surface area (Å²) in [5, 5.41) is 0. The lowest BCUT2D eigenvalue weighted by molar-refractivity contribution is -0.133. The summed E-state index contributed by atoms with van der Waals surface area (Å²) >= 11 is 0. The Hall–Kier alpha value is -1.46. The molecule has 2 aliphatic rings. The van der Waals surface area contributed by atoms with Gasteiger partial charge in [-0.25, -0.2) is 0 Å². The first-order valence-corrected chi connectivity index (χ1v) is 7.20. The number of fused-ring (bicyclic) bond motifs is 1. The summed E-state index contributed by atoms with van der Waals surface area (Å²) in [6.07, 6.45) is 3.06. The molecule has 1 aromatic heterocycles. The molecule has 2 fully saturated rings. The van der Waals surface area contributed by atoms with Crippen molar-refractivity contribution >= 4 is 5.91 Å². The lowest BCUT2D eigenvalue weighted by Gasteiger charge is -2.37. The summed E-state index contributed by atoms with van der Waals surface area (Å²) < 4.78 is 5.75. The maximum absolute atomic E-state index is 11.7. The summed E-state index contributed by atoms with van der Waals surface area (Å²) in [4.78, 5) is 20.3. The number of hydrogen-bond donors (Lipinski definition) is 0. The molecule has 0 spiro atoms. The molecule has 0 N–H and O–H groups in total. The van der Waals surface area contributed by atoms with Gasteiger partial charge in [0.25, 0.3) is 0 Å². The van der Waals surface area contributed by atoms with Gasteiger partial charge in [0.1, 0.15) is 6.61 Å². The van der Waals surface area contributed by atoms with E-state index in [9.17, 15) is 4.79 Å². The van der Waals surface area contributed by atoms with Crippen LogP contribution in [-0.2, 0) is 16.1 Å². The molecule has 0 aromatic carbocycles. The van der Waals surface area contributed by atoms with Gasteiger partial charge < -0.3 is 9.64 Å². The highest BCUT2D eigenvalue weighted by Gasteiger charge is 2.34. The monoisotopic (exact) mass is 275 g/mol. The van der Waals surface area contributed by atoms with Gasteiger partial charge >= 0.3 is 0 Å². The average Bonchev–Trinajstić information content (AvgIpc) is 2.60. The Morgan fingerprint density at radius 2 is 2.30 bits per heavy atom. The van der Waals surface area contributed by atoms with Crippen LogP contribution in [0.2, 0.25) is 0 Å². The van der Waals surface area contributed by atoms with E-state index in [2.05, 4.69) is 16.0 Å². The molecule has 0 aliphatic carbocycles. The van der Waals surface area contributed by atoms with Gasteiger partial charge in [-0.05, 0) is 18.6 Å². The third kappa shape index (κ3) is 2.99. The number of nitrogens with zero attached hydrogens (tertiary/aromatic N) is 3. The van der Waals surface area contributed by atoms with Gasteiger partial charge in [0.2, 0.25) is 5.91 Å². The average molecular weight is 275 g/mol. The van der Waals surface area contributed by atoms with Crippen LogP contribution in [0.15, 0.2) is 24.4 Å². The van der Waals surface area contributed by atoms with Crippen molar-refractivity contribution in [2.45, 2.75) is 19.1 Å². The van der Waals surface area contributed by atoms with Crippen molar-refractivity contribution in [1.29, 1.82) is 0 Å². The summed E-state index contributed by atoms with van der Waals surface area (Å²) in [6, 6.07) is 6.02. The van der Waals surface area contributed by atoms with E-state index < -0.39 is 0 Å². The van der Waals surface area contributed by atoms with Crippen molar-refractivity contribution in [3.05, 3.63) is 30.1 Å². The lowest BCUT2D eigenvalue weighted by Crippen LogP contribution is -2.46. The van der Waals surface area contributed by atoms with Gasteiger partial charge in [0.15, 0.2) is 0 Å². The summed E-state index contributed by atoms with van der Waals surface area (Å²) in [7, 11) is 1.87. The predicted molar refractivity (Wildman–Crippen MR) is 75.0 cm³/mol. The van der Waals surface area contributed by atoms with Crippen molar-refractivity contribution in [2.75, 3.05) is 33.3 Å². The number of aromatic nitrogens is 1. The predicted octanol–water partition coefficient (Wildman–Crippen LogP) is 0.761. The number of pyridine rings is 1. The Balaban J connectivity index is 1.63. The third-order valence-corrected chi connectivity index (χ3v) is 4.22. The van der Waals surface area contributed by atoms with Gasteiger partial charge in [-0.2, -0.15) is 0 Å². The molecule has 5 heteroatoms. The molecular formula is C15H21N3O2. The zero-order valence-corrected chi connectivity index (χ0v) is 11.9. The van der Waals surface area contributed by atoms with E-state index in [1.807, 2.05) is 25.4 Å². The number of amides is 1. The van der Waals surface area contributed by atoms with Crippen LogP contribution in [0.4, 0.5) is 0 Å². The van der Waals surface area contributed by atoms with Crippen molar-refractivity contribution in [3.8, 4) is 0 Å². The van der Waals surface area contributed by atoms with Crippen LogP contribution < -0.4 is 0 Å². The van der Waals surface area contributed by atoms with E-state index in [1.54, 1.807) is 4.90 Å². The molecule has 2 aliphatic heterocycles. The van der Waals surface area contributed by atoms with Crippen LogP contribution in [0.5, 0.6) is 0 Å². The molecular weight excluding hydrogens is 254 g/mol. The minimum atomic E-state index is 0.0932. The number of ether oxygens (including phenoxy) is 1. The fourth-order valence-electron chi connectivity index (χ4n) is 3.09. The highest BCUT2D eigenvalue weighted by molar-refractivity contribution is 5.77. The maximum Gasteiger partial charge on any atom is 0.248 e. The number of hydrogen-bond acceptors (Lipinski definition) is 4. The first-order chi connectivity index (χ1) is 9.72. The molecule has 2 saturated heterocycles. The van der Waals surface area contributed by atoms with Crippen molar-refractivity contribution < 1.29 is 9.53 Å². The van der Waals surface area contributed by atoms with Crippen molar-refractivity contribution in [1.82, 2.24) is 14.8 Å². The van der Waals surface area contributed by atoms with Gasteiger partial charge in [0, 0.05) is 45.3 Å². The third-order valence-electron chi connectivity index (χ3n) is 4.22. The van der Waals surface area contributed by atoms with Gasteiger partial charge in [-0.15, -0.1) is 0 Å². The number of carbonyl (C=O) groups excluding carboxylic acids is 1. The molecule has 0 radical (unpaired) electrons. The van der Waals surface area contributed by atoms with E-state index in [0.29, 0.717) is 5.92 Å².